The summed E-state index contributed by atoms with van der Waals surface area (Å²) in [5.41, 5.74) is 1.46. The number of benzene rings is 3. The Morgan fingerprint density at radius 2 is 1.20 bits per heavy atom. The minimum atomic E-state index is 0. The molecule has 3 rings (SSSR count). The van der Waals surface area contributed by atoms with Crippen molar-refractivity contribution in [1.82, 2.24) is 0 Å². The quantitative estimate of drug-likeness (QED) is 0.476. The van der Waals surface area contributed by atoms with Crippen molar-refractivity contribution in [2.45, 2.75) is 6.54 Å². The number of nitrogens with zero attached hydrogens (tertiary/aromatic N) is 1. The van der Waals surface area contributed by atoms with Crippen LogP contribution in [0.1, 0.15) is 5.56 Å². The minimum absolute atomic E-state index is 0. The predicted molar refractivity (Wildman–Crippen MR) is 90.4 cm³/mol. The number of hydrogen-bond acceptors (Lipinski definition) is 0. The lowest BCUT2D eigenvalue weighted by Gasteiger charge is -2.25. The van der Waals surface area contributed by atoms with Gasteiger partial charge in [0, 0.05) is 5.56 Å². The maximum atomic E-state index is 2.30. The predicted octanol–water partition coefficient (Wildman–Crippen LogP) is 4.62. The van der Waals surface area contributed by atoms with Gasteiger partial charge in [-0.15, -0.1) is 12.4 Å². The Labute approximate surface area is 126 Å². The smallest absolute Gasteiger partial charge is 0.105 e. The van der Waals surface area contributed by atoms with E-state index in [2.05, 4.69) is 75.7 Å². The van der Waals surface area contributed by atoms with Crippen molar-refractivity contribution < 1.29 is 4.48 Å². The Morgan fingerprint density at radius 1 is 0.750 bits per heavy atom. The summed E-state index contributed by atoms with van der Waals surface area (Å²) in [5, 5.41) is 5.44. The Balaban J connectivity index is 0.00000147. The van der Waals surface area contributed by atoms with Crippen LogP contribution in [0.3, 0.4) is 0 Å². The second kappa shape index (κ2) is 5.43. The van der Waals surface area contributed by atoms with Crippen LogP contribution >= 0.6 is 12.4 Å². The van der Waals surface area contributed by atoms with Crippen LogP contribution in [0, 0.1) is 0 Å². The minimum Gasteiger partial charge on any atom is -0.327 e. The zero-order chi connectivity index (χ0) is 13.5. The first-order valence-electron chi connectivity index (χ1n) is 6.74. The van der Waals surface area contributed by atoms with E-state index in [9.17, 15) is 0 Å². The van der Waals surface area contributed by atoms with Crippen molar-refractivity contribution in [3.63, 3.8) is 0 Å². The van der Waals surface area contributed by atoms with Gasteiger partial charge >= 0.3 is 0 Å². The molecule has 0 fully saturated rings. The van der Waals surface area contributed by atoms with Gasteiger partial charge in [0.2, 0.25) is 0 Å². The van der Waals surface area contributed by atoms with Crippen LogP contribution in [0.25, 0.3) is 21.5 Å². The fourth-order valence-corrected chi connectivity index (χ4v) is 2.75. The molecule has 2 heteroatoms. The molecule has 0 saturated carbocycles. The molecule has 0 atom stereocenters. The average Bonchev–Trinajstić information content (AvgIpc) is 2.37. The molecule has 3 aromatic rings. The topological polar surface area (TPSA) is 0 Å². The summed E-state index contributed by atoms with van der Waals surface area (Å²) in [6.45, 7) is 1.04. The lowest BCUT2D eigenvalue weighted by Crippen LogP contribution is -2.33. The highest BCUT2D eigenvalue weighted by Gasteiger charge is 2.14. The molecule has 0 aliphatic carbocycles. The van der Waals surface area contributed by atoms with E-state index in [4.69, 9.17) is 0 Å². The summed E-state index contributed by atoms with van der Waals surface area (Å²) in [6.07, 6.45) is 0. The number of quaternary nitrogens is 1. The summed E-state index contributed by atoms with van der Waals surface area (Å²) >= 11 is 0. The van der Waals surface area contributed by atoms with Crippen molar-refractivity contribution in [2.24, 2.45) is 0 Å². The molecular formula is C18H21ClN+. The summed E-state index contributed by atoms with van der Waals surface area (Å²) in [5.74, 6) is 0. The normalized spacial score (nSPS) is 11.6. The standard InChI is InChI=1S/C18H20N.ClH/c1-19(2,3)13-18-16-10-6-4-8-14(16)12-15-9-5-7-11-17(15)18;/h4-12H,13H2,1-3H3;1H/q+1;. The van der Waals surface area contributed by atoms with Gasteiger partial charge in [0.25, 0.3) is 0 Å². The molecule has 1 nitrogen and oxygen atoms in total. The van der Waals surface area contributed by atoms with Crippen LogP contribution in [-0.2, 0) is 6.54 Å². The Bertz CT molecular complexity index is 687. The van der Waals surface area contributed by atoms with Crippen LogP contribution in [0.15, 0.2) is 54.6 Å². The Morgan fingerprint density at radius 3 is 1.65 bits per heavy atom. The molecule has 0 aromatic heterocycles. The first-order valence-corrected chi connectivity index (χ1v) is 6.74. The first-order chi connectivity index (χ1) is 9.04. The van der Waals surface area contributed by atoms with Crippen molar-refractivity contribution >= 4 is 34.0 Å². The Kier molecular flexibility index (Phi) is 4.03. The van der Waals surface area contributed by atoms with Crippen LogP contribution in [0.5, 0.6) is 0 Å². The molecule has 0 unspecified atom stereocenters. The van der Waals surface area contributed by atoms with Crippen molar-refractivity contribution in [1.29, 1.82) is 0 Å². The van der Waals surface area contributed by atoms with Crippen molar-refractivity contribution in [3.8, 4) is 0 Å². The van der Waals surface area contributed by atoms with Gasteiger partial charge in [-0.1, -0.05) is 48.5 Å². The van der Waals surface area contributed by atoms with Gasteiger partial charge in [0.05, 0.1) is 21.1 Å². The van der Waals surface area contributed by atoms with E-state index >= 15 is 0 Å². The number of fused-ring (bicyclic) bond motifs is 2. The number of hydrogen-bond donors (Lipinski definition) is 0. The molecule has 0 aliphatic heterocycles. The van der Waals surface area contributed by atoms with Gasteiger partial charge in [0.1, 0.15) is 6.54 Å². The lowest BCUT2D eigenvalue weighted by atomic mass is 9.96. The van der Waals surface area contributed by atoms with Crippen LogP contribution in [0.4, 0.5) is 0 Å². The molecule has 0 radical (unpaired) electrons. The van der Waals surface area contributed by atoms with Crippen molar-refractivity contribution in [2.75, 3.05) is 21.1 Å². The van der Waals surface area contributed by atoms with Crippen molar-refractivity contribution in [3.05, 3.63) is 60.2 Å². The molecule has 0 bridgehead atoms. The van der Waals surface area contributed by atoms with Crippen LogP contribution in [-0.4, -0.2) is 25.6 Å². The van der Waals surface area contributed by atoms with E-state index in [1.54, 1.807) is 0 Å². The van der Waals surface area contributed by atoms with Crippen LogP contribution < -0.4 is 0 Å². The van der Waals surface area contributed by atoms with Gasteiger partial charge in [-0.3, -0.25) is 0 Å². The third-order valence-corrected chi connectivity index (χ3v) is 3.52. The second-order valence-electron chi connectivity index (χ2n) is 6.25. The third kappa shape index (κ3) is 2.79. The molecule has 20 heavy (non-hydrogen) atoms. The molecule has 0 aliphatic rings. The summed E-state index contributed by atoms with van der Waals surface area (Å²) in [7, 11) is 6.74. The summed E-state index contributed by atoms with van der Waals surface area (Å²) in [6, 6.07) is 19.7. The van der Waals surface area contributed by atoms with E-state index in [1.165, 1.54) is 27.1 Å². The SMILES string of the molecule is C[N+](C)(C)Cc1c2ccccc2cc2ccccc12.Cl. The highest BCUT2D eigenvalue weighted by Crippen LogP contribution is 2.29. The van der Waals surface area contributed by atoms with Gasteiger partial charge < -0.3 is 4.48 Å². The summed E-state index contributed by atoms with van der Waals surface area (Å²) in [4.78, 5) is 0. The molecule has 0 heterocycles. The average molecular weight is 287 g/mol. The van der Waals surface area contributed by atoms with Gasteiger partial charge in [-0.2, -0.15) is 0 Å². The monoisotopic (exact) mass is 286 g/mol. The molecule has 0 spiro atoms. The maximum absolute atomic E-state index is 2.30. The van der Waals surface area contributed by atoms with E-state index in [0.29, 0.717) is 0 Å². The van der Waals surface area contributed by atoms with Crippen LogP contribution in [0.2, 0.25) is 0 Å². The molecule has 0 amide bonds. The molecular weight excluding hydrogens is 266 g/mol. The highest BCUT2D eigenvalue weighted by molar-refractivity contribution is 6.02. The maximum Gasteiger partial charge on any atom is 0.105 e. The molecule has 0 N–H and O–H groups in total. The van der Waals surface area contributed by atoms with Gasteiger partial charge in [-0.05, 0) is 27.6 Å². The van der Waals surface area contributed by atoms with E-state index in [-0.39, 0.29) is 12.4 Å². The molecule has 3 aromatic carbocycles. The largest absolute Gasteiger partial charge is 0.327 e. The summed E-state index contributed by atoms with van der Waals surface area (Å²) < 4.78 is 0.942. The van der Waals surface area contributed by atoms with E-state index in [1.807, 2.05) is 0 Å². The molecule has 0 saturated heterocycles. The molecule has 104 valence electrons. The van der Waals surface area contributed by atoms with E-state index < -0.39 is 0 Å². The lowest BCUT2D eigenvalue weighted by molar-refractivity contribution is -0.883. The third-order valence-electron chi connectivity index (χ3n) is 3.52. The zero-order valence-corrected chi connectivity index (χ0v) is 13.1. The number of halogens is 1. The highest BCUT2D eigenvalue weighted by atomic mass is 35.5. The van der Waals surface area contributed by atoms with Gasteiger partial charge in [-0.25, -0.2) is 0 Å². The van der Waals surface area contributed by atoms with E-state index in [0.717, 1.165) is 11.0 Å². The fourth-order valence-electron chi connectivity index (χ4n) is 2.75. The fraction of sp³-hybridized carbons (Fsp3) is 0.222. The first kappa shape index (κ1) is 14.8. The Hall–Kier alpha value is -1.57. The zero-order valence-electron chi connectivity index (χ0n) is 12.3. The second-order valence-corrected chi connectivity index (χ2v) is 6.25. The number of rotatable bonds is 2. The van der Waals surface area contributed by atoms with Gasteiger partial charge in [0.15, 0.2) is 0 Å².